The van der Waals surface area contributed by atoms with E-state index in [1.807, 2.05) is 18.3 Å². The van der Waals surface area contributed by atoms with Gasteiger partial charge in [-0.2, -0.15) is 5.10 Å². The number of nitrogens with zero attached hydrogens (tertiary/aromatic N) is 2. The van der Waals surface area contributed by atoms with Crippen LogP contribution in [0.3, 0.4) is 0 Å². The lowest BCUT2D eigenvalue weighted by molar-refractivity contribution is 0.414. The Morgan fingerprint density at radius 3 is 2.80 bits per heavy atom. The second-order valence-electron chi connectivity index (χ2n) is 2.95. The molecule has 5 heteroatoms. The Labute approximate surface area is 101 Å². The Balaban J connectivity index is 2.48. The number of aromatic nitrogens is 2. The van der Waals surface area contributed by atoms with Gasteiger partial charge in [-0.1, -0.05) is 11.6 Å². The summed E-state index contributed by atoms with van der Waals surface area (Å²) in [5.74, 6) is 0.712. The van der Waals surface area contributed by atoms with Gasteiger partial charge in [0, 0.05) is 17.3 Å². The van der Waals surface area contributed by atoms with Crippen LogP contribution in [-0.4, -0.2) is 16.9 Å². The van der Waals surface area contributed by atoms with E-state index in [0.29, 0.717) is 10.8 Å². The summed E-state index contributed by atoms with van der Waals surface area (Å²) < 4.78 is 7.77. The molecule has 0 aliphatic carbocycles. The number of ether oxygens (including phenoxy) is 1. The minimum atomic E-state index is 0.621. The number of hydrogen-bond donors (Lipinski definition) is 0. The van der Waals surface area contributed by atoms with Crippen LogP contribution >= 0.6 is 27.5 Å². The van der Waals surface area contributed by atoms with Gasteiger partial charge in [0.25, 0.3) is 0 Å². The maximum atomic E-state index is 5.95. The normalized spacial score (nSPS) is 10.3. The molecule has 1 aromatic heterocycles. The van der Waals surface area contributed by atoms with Crippen molar-refractivity contribution in [3.8, 4) is 11.4 Å². The molecular formula is C10H8BrClN2O. The molecule has 0 amide bonds. The van der Waals surface area contributed by atoms with E-state index in [1.54, 1.807) is 24.1 Å². The highest BCUT2D eigenvalue weighted by molar-refractivity contribution is 9.10. The fourth-order valence-electron chi connectivity index (χ4n) is 1.24. The highest BCUT2D eigenvalue weighted by atomic mass is 79.9. The first-order valence-electron chi connectivity index (χ1n) is 4.24. The molecule has 0 bridgehead atoms. The van der Waals surface area contributed by atoms with Gasteiger partial charge in [0.2, 0.25) is 0 Å². The van der Waals surface area contributed by atoms with Crippen LogP contribution in [0.1, 0.15) is 0 Å². The van der Waals surface area contributed by atoms with Gasteiger partial charge in [-0.05, 0) is 28.1 Å². The van der Waals surface area contributed by atoms with E-state index in [1.165, 1.54) is 0 Å². The molecule has 2 aromatic rings. The van der Waals surface area contributed by atoms with Crippen molar-refractivity contribution in [1.29, 1.82) is 0 Å². The smallest absolute Gasteiger partial charge is 0.122 e. The van der Waals surface area contributed by atoms with Crippen LogP contribution in [-0.2, 0) is 0 Å². The summed E-state index contributed by atoms with van der Waals surface area (Å²) >= 11 is 9.29. The molecule has 2 rings (SSSR count). The number of halogens is 2. The van der Waals surface area contributed by atoms with Crippen LogP contribution in [0.4, 0.5) is 0 Å². The molecule has 0 saturated heterocycles. The molecule has 0 radical (unpaired) electrons. The van der Waals surface area contributed by atoms with Crippen molar-refractivity contribution >= 4 is 27.5 Å². The monoisotopic (exact) mass is 286 g/mol. The number of rotatable bonds is 2. The topological polar surface area (TPSA) is 27.1 Å². The lowest BCUT2D eigenvalue weighted by Crippen LogP contribution is -1.95. The lowest BCUT2D eigenvalue weighted by Gasteiger charge is -2.05. The van der Waals surface area contributed by atoms with E-state index in [-0.39, 0.29) is 0 Å². The summed E-state index contributed by atoms with van der Waals surface area (Å²) in [5, 5.41) is 4.78. The summed E-state index contributed by atoms with van der Waals surface area (Å²) in [6.07, 6.45) is 3.57. The van der Waals surface area contributed by atoms with Crippen molar-refractivity contribution in [1.82, 2.24) is 9.78 Å². The van der Waals surface area contributed by atoms with E-state index >= 15 is 0 Å². The second-order valence-corrected chi connectivity index (χ2v) is 4.30. The zero-order chi connectivity index (χ0) is 10.8. The van der Waals surface area contributed by atoms with Crippen LogP contribution in [0.15, 0.2) is 35.1 Å². The molecule has 0 aliphatic rings. The van der Waals surface area contributed by atoms with Crippen molar-refractivity contribution < 1.29 is 4.74 Å². The van der Waals surface area contributed by atoms with Gasteiger partial charge in [-0.25, -0.2) is 4.68 Å². The quantitative estimate of drug-likeness (QED) is 0.847. The maximum absolute atomic E-state index is 5.95. The molecule has 0 aliphatic heterocycles. The first kappa shape index (κ1) is 10.5. The minimum absolute atomic E-state index is 0.621. The van der Waals surface area contributed by atoms with E-state index in [9.17, 15) is 0 Å². The van der Waals surface area contributed by atoms with Gasteiger partial charge in [0.1, 0.15) is 5.75 Å². The third kappa shape index (κ3) is 2.33. The van der Waals surface area contributed by atoms with Gasteiger partial charge >= 0.3 is 0 Å². The Kier molecular flexibility index (Phi) is 2.98. The minimum Gasteiger partial charge on any atom is -0.497 e. The molecule has 1 aromatic carbocycles. The maximum Gasteiger partial charge on any atom is 0.122 e. The molecule has 78 valence electrons. The molecule has 0 saturated carbocycles. The standard InChI is InChI=1S/C10H8BrClN2O/c1-15-10-3-8(12)2-9(4-10)14-6-7(11)5-13-14/h2-6H,1H3. The fourth-order valence-corrected chi connectivity index (χ4v) is 1.74. The zero-order valence-electron chi connectivity index (χ0n) is 7.95. The zero-order valence-corrected chi connectivity index (χ0v) is 10.3. The van der Waals surface area contributed by atoms with Crippen LogP contribution < -0.4 is 4.74 Å². The first-order valence-corrected chi connectivity index (χ1v) is 5.41. The molecule has 0 atom stereocenters. The van der Waals surface area contributed by atoms with Gasteiger partial charge in [-0.3, -0.25) is 0 Å². The van der Waals surface area contributed by atoms with Gasteiger partial charge in [0.05, 0.1) is 23.5 Å². The average molecular weight is 288 g/mol. The first-order chi connectivity index (χ1) is 7.19. The summed E-state index contributed by atoms with van der Waals surface area (Å²) in [7, 11) is 1.61. The molecule has 3 nitrogen and oxygen atoms in total. The largest absolute Gasteiger partial charge is 0.497 e. The average Bonchev–Trinajstić information content (AvgIpc) is 2.64. The highest BCUT2D eigenvalue weighted by Crippen LogP contribution is 2.23. The Hall–Kier alpha value is -1.00. The van der Waals surface area contributed by atoms with E-state index in [4.69, 9.17) is 16.3 Å². The Bertz CT molecular complexity index is 484. The van der Waals surface area contributed by atoms with Crippen molar-refractivity contribution in [2.75, 3.05) is 7.11 Å². The summed E-state index contributed by atoms with van der Waals surface area (Å²) in [6.45, 7) is 0. The van der Waals surface area contributed by atoms with E-state index < -0.39 is 0 Å². The lowest BCUT2D eigenvalue weighted by atomic mass is 10.3. The third-order valence-corrected chi connectivity index (χ3v) is 2.54. The predicted octanol–water partition coefficient (Wildman–Crippen LogP) is 3.30. The molecule has 0 unspecified atom stereocenters. The number of methoxy groups -OCH3 is 1. The van der Waals surface area contributed by atoms with Crippen molar-refractivity contribution in [2.45, 2.75) is 0 Å². The Morgan fingerprint density at radius 2 is 2.20 bits per heavy atom. The molecule has 0 spiro atoms. The highest BCUT2D eigenvalue weighted by Gasteiger charge is 2.03. The number of benzene rings is 1. The van der Waals surface area contributed by atoms with Crippen molar-refractivity contribution in [3.05, 3.63) is 40.1 Å². The van der Waals surface area contributed by atoms with Crippen LogP contribution in [0.25, 0.3) is 5.69 Å². The molecule has 1 heterocycles. The van der Waals surface area contributed by atoms with E-state index in [0.717, 1.165) is 10.2 Å². The SMILES string of the molecule is COc1cc(Cl)cc(-n2cc(Br)cn2)c1. The summed E-state index contributed by atoms with van der Waals surface area (Å²) in [4.78, 5) is 0. The number of hydrogen-bond acceptors (Lipinski definition) is 2. The summed E-state index contributed by atoms with van der Waals surface area (Å²) in [6, 6.07) is 5.44. The predicted molar refractivity (Wildman–Crippen MR) is 62.8 cm³/mol. The van der Waals surface area contributed by atoms with Crippen LogP contribution in [0, 0.1) is 0 Å². The molecule has 0 N–H and O–H groups in total. The fraction of sp³-hybridized carbons (Fsp3) is 0.100. The van der Waals surface area contributed by atoms with Crippen molar-refractivity contribution in [3.63, 3.8) is 0 Å². The molecule has 15 heavy (non-hydrogen) atoms. The van der Waals surface area contributed by atoms with E-state index in [2.05, 4.69) is 21.0 Å². The Morgan fingerprint density at radius 1 is 1.40 bits per heavy atom. The summed E-state index contributed by atoms with van der Waals surface area (Å²) in [5.41, 5.74) is 0.866. The van der Waals surface area contributed by atoms with Gasteiger partial charge in [0.15, 0.2) is 0 Å². The van der Waals surface area contributed by atoms with Crippen LogP contribution in [0.5, 0.6) is 5.75 Å². The van der Waals surface area contributed by atoms with Gasteiger partial charge < -0.3 is 4.74 Å². The third-order valence-electron chi connectivity index (χ3n) is 1.91. The van der Waals surface area contributed by atoms with Gasteiger partial charge in [-0.15, -0.1) is 0 Å². The van der Waals surface area contributed by atoms with Crippen LogP contribution in [0.2, 0.25) is 5.02 Å². The van der Waals surface area contributed by atoms with Crippen molar-refractivity contribution in [2.24, 2.45) is 0 Å². The second kappa shape index (κ2) is 4.24. The molecular weight excluding hydrogens is 279 g/mol. The molecule has 0 fully saturated rings.